The van der Waals surface area contributed by atoms with Crippen LogP contribution in [0.1, 0.15) is 24.8 Å². The van der Waals surface area contributed by atoms with Gasteiger partial charge in [0.2, 0.25) is 11.9 Å². The van der Waals surface area contributed by atoms with Crippen LogP contribution in [0.3, 0.4) is 0 Å². The number of hydrogen-bond acceptors (Lipinski definition) is 5. The predicted molar refractivity (Wildman–Crippen MR) is 113 cm³/mol. The number of fused-ring (bicyclic) bond motifs is 1. The highest BCUT2D eigenvalue weighted by molar-refractivity contribution is 5.86. The number of rotatable bonds is 7. The largest absolute Gasteiger partial charge is 0.421 e. The molecule has 0 radical (unpaired) electrons. The molecule has 0 bridgehead atoms. The summed E-state index contributed by atoms with van der Waals surface area (Å²) in [4.78, 5) is 21.3. The summed E-state index contributed by atoms with van der Waals surface area (Å²) in [6.45, 7) is 1.49. The molecule has 0 saturated carbocycles. The van der Waals surface area contributed by atoms with Crippen molar-refractivity contribution >= 4 is 34.1 Å². The van der Waals surface area contributed by atoms with Crippen molar-refractivity contribution in [1.82, 2.24) is 14.9 Å². The fourth-order valence-electron chi connectivity index (χ4n) is 3.60. The van der Waals surface area contributed by atoms with E-state index in [9.17, 15) is 18.0 Å². The predicted octanol–water partition coefficient (Wildman–Crippen LogP) is 4.82. The third-order valence-electron chi connectivity index (χ3n) is 5.17. The molecule has 6 nitrogen and oxygen atoms in total. The lowest BCUT2D eigenvalue weighted by atomic mass is 10.1. The van der Waals surface area contributed by atoms with Crippen molar-refractivity contribution in [2.24, 2.45) is 0 Å². The molecule has 162 valence electrons. The van der Waals surface area contributed by atoms with Crippen LogP contribution < -0.4 is 10.6 Å². The van der Waals surface area contributed by atoms with Gasteiger partial charge in [-0.2, -0.15) is 18.2 Å². The monoisotopic (exact) mass is 429 g/mol. The van der Waals surface area contributed by atoms with Crippen molar-refractivity contribution in [2.75, 3.05) is 30.3 Å². The molecule has 0 unspecified atom stereocenters. The van der Waals surface area contributed by atoms with Gasteiger partial charge in [-0.3, -0.25) is 4.79 Å². The molecule has 1 aliphatic rings. The average Bonchev–Trinajstić information content (AvgIpc) is 3.15. The van der Waals surface area contributed by atoms with Gasteiger partial charge < -0.3 is 15.5 Å². The number of nitrogens with one attached hydrogen (secondary N) is 2. The van der Waals surface area contributed by atoms with Crippen LogP contribution in [0.4, 0.5) is 30.6 Å². The van der Waals surface area contributed by atoms with E-state index in [1.54, 1.807) is 4.90 Å². The van der Waals surface area contributed by atoms with Crippen LogP contribution in [0.25, 0.3) is 10.8 Å². The molecule has 0 aliphatic carbocycles. The van der Waals surface area contributed by atoms with E-state index in [4.69, 9.17) is 0 Å². The number of amides is 1. The summed E-state index contributed by atoms with van der Waals surface area (Å²) < 4.78 is 40.2. The fourth-order valence-corrected chi connectivity index (χ4v) is 3.60. The highest BCUT2D eigenvalue weighted by atomic mass is 19.4. The van der Waals surface area contributed by atoms with Crippen LogP contribution in [-0.2, 0) is 11.0 Å². The van der Waals surface area contributed by atoms with Crippen LogP contribution in [0, 0.1) is 0 Å². The van der Waals surface area contributed by atoms with E-state index in [1.807, 2.05) is 42.5 Å². The van der Waals surface area contributed by atoms with Gasteiger partial charge in [0.05, 0.1) is 0 Å². The van der Waals surface area contributed by atoms with Gasteiger partial charge in [-0.05, 0) is 35.7 Å². The summed E-state index contributed by atoms with van der Waals surface area (Å²) in [5, 5.41) is 7.79. The van der Waals surface area contributed by atoms with Crippen molar-refractivity contribution in [3.05, 3.63) is 54.2 Å². The lowest BCUT2D eigenvalue weighted by Gasteiger charge is -2.17. The SMILES string of the molecule is O=C1CCCN1CCCNc1nc(Nc2ccc3ccccc3c2)ncc1C(F)(F)F. The van der Waals surface area contributed by atoms with E-state index in [2.05, 4.69) is 20.6 Å². The molecular weight excluding hydrogens is 407 g/mol. The minimum absolute atomic E-state index is 0.0699. The Bertz CT molecular complexity index is 1090. The smallest absolute Gasteiger partial charge is 0.369 e. The van der Waals surface area contributed by atoms with Crippen molar-refractivity contribution in [2.45, 2.75) is 25.4 Å². The fraction of sp³-hybridized carbons (Fsp3) is 0.318. The number of nitrogens with zero attached hydrogens (tertiary/aromatic N) is 3. The first-order valence-electron chi connectivity index (χ1n) is 10.1. The number of anilines is 3. The van der Waals surface area contributed by atoms with Gasteiger partial charge in [-0.25, -0.2) is 4.98 Å². The minimum Gasteiger partial charge on any atom is -0.369 e. The Morgan fingerprint density at radius 3 is 2.65 bits per heavy atom. The molecular formula is C22H22F3N5O. The van der Waals surface area contributed by atoms with Gasteiger partial charge in [0.15, 0.2) is 0 Å². The number of hydrogen-bond donors (Lipinski definition) is 2. The zero-order chi connectivity index (χ0) is 21.8. The van der Waals surface area contributed by atoms with Gasteiger partial charge in [-0.1, -0.05) is 30.3 Å². The Hall–Kier alpha value is -3.36. The molecule has 1 saturated heterocycles. The Balaban J connectivity index is 1.47. The second-order valence-corrected chi connectivity index (χ2v) is 7.41. The molecule has 1 aromatic heterocycles. The first kappa shape index (κ1) is 20.9. The molecule has 0 atom stereocenters. The Morgan fingerprint density at radius 2 is 1.90 bits per heavy atom. The van der Waals surface area contributed by atoms with E-state index in [1.165, 1.54) is 0 Å². The third-order valence-corrected chi connectivity index (χ3v) is 5.17. The zero-order valence-corrected chi connectivity index (χ0v) is 16.7. The van der Waals surface area contributed by atoms with Gasteiger partial charge in [0.25, 0.3) is 0 Å². The number of benzene rings is 2. The molecule has 9 heteroatoms. The van der Waals surface area contributed by atoms with E-state index < -0.39 is 11.7 Å². The van der Waals surface area contributed by atoms with E-state index in [0.29, 0.717) is 31.6 Å². The van der Waals surface area contributed by atoms with E-state index in [0.717, 1.165) is 23.4 Å². The van der Waals surface area contributed by atoms with E-state index in [-0.39, 0.29) is 24.2 Å². The molecule has 31 heavy (non-hydrogen) atoms. The number of likely N-dealkylation sites (tertiary alicyclic amines) is 1. The van der Waals surface area contributed by atoms with Crippen molar-refractivity contribution < 1.29 is 18.0 Å². The van der Waals surface area contributed by atoms with Gasteiger partial charge in [0.1, 0.15) is 11.4 Å². The Morgan fingerprint density at radius 1 is 1.10 bits per heavy atom. The normalized spacial score (nSPS) is 14.3. The number of carbonyl (C=O) groups excluding carboxylic acids is 1. The Labute approximate surface area is 177 Å². The number of carbonyl (C=O) groups is 1. The summed E-state index contributed by atoms with van der Waals surface area (Å²) in [5.41, 5.74) is -0.245. The van der Waals surface area contributed by atoms with Gasteiger partial charge >= 0.3 is 6.18 Å². The highest BCUT2D eigenvalue weighted by Gasteiger charge is 2.35. The molecule has 3 aromatic rings. The lowest BCUT2D eigenvalue weighted by molar-refractivity contribution is -0.137. The summed E-state index contributed by atoms with van der Waals surface area (Å²) in [7, 11) is 0. The molecule has 4 rings (SSSR count). The zero-order valence-electron chi connectivity index (χ0n) is 16.7. The first-order chi connectivity index (χ1) is 14.9. The number of halogens is 3. The second-order valence-electron chi connectivity index (χ2n) is 7.41. The standard InChI is InChI=1S/C22H22F3N5O/c23-22(24,25)18-14-27-21(28-17-9-8-15-5-1-2-6-16(15)13-17)29-20(18)26-10-4-12-30-11-3-7-19(30)31/h1-2,5-6,8-9,13-14H,3-4,7,10-12H2,(H2,26,27,28,29). The second kappa shape index (κ2) is 8.79. The van der Waals surface area contributed by atoms with Crippen molar-refractivity contribution in [3.63, 3.8) is 0 Å². The van der Waals surface area contributed by atoms with E-state index >= 15 is 0 Å². The summed E-state index contributed by atoms with van der Waals surface area (Å²) >= 11 is 0. The quantitative estimate of drug-likeness (QED) is 0.527. The molecule has 1 amide bonds. The maximum Gasteiger partial charge on any atom is 0.421 e. The average molecular weight is 429 g/mol. The van der Waals surface area contributed by atoms with Crippen LogP contribution >= 0.6 is 0 Å². The van der Waals surface area contributed by atoms with Crippen molar-refractivity contribution in [1.29, 1.82) is 0 Å². The topological polar surface area (TPSA) is 70.2 Å². The third kappa shape index (κ3) is 5.04. The molecule has 2 aromatic carbocycles. The molecule has 1 fully saturated rings. The molecule has 1 aliphatic heterocycles. The van der Waals surface area contributed by atoms with Gasteiger partial charge in [0, 0.05) is 37.9 Å². The molecule has 0 spiro atoms. The summed E-state index contributed by atoms with van der Waals surface area (Å²) in [5.74, 6) is -0.112. The molecule has 2 N–H and O–H groups in total. The van der Waals surface area contributed by atoms with Crippen molar-refractivity contribution in [3.8, 4) is 0 Å². The number of alkyl halides is 3. The molecule has 2 heterocycles. The number of aromatic nitrogens is 2. The highest BCUT2D eigenvalue weighted by Crippen LogP contribution is 2.34. The van der Waals surface area contributed by atoms with Crippen LogP contribution in [0.5, 0.6) is 0 Å². The van der Waals surface area contributed by atoms with Crippen LogP contribution in [0.2, 0.25) is 0 Å². The lowest BCUT2D eigenvalue weighted by Crippen LogP contribution is -2.27. The summed E-state index contributed by atoms with van der Waals surface area (Å²) in [6.07, 6.45) is -1.89. The van der Waals surface area contributed by atoms with Crippen LogP contribution in [0.15, 0.2) is 48.7 Å². The maximum atomic E-state index is 13.4. The van der Waals surface area contributed by atoms with Crippen LogP contribution in [-0.4, -0.2) is 40.4 Å². The maximum absolute atomic E-state index is 13.4. The first-order valence-corrected chi connectivity index (χ1v) is 10.1. The van der Waals surface area contributed by atoms with Gasteiger partial charge in [-0.15, -0.1) is 0 Å². The summed E-state index contributed by atoms with van der Waals surface area (Å²) in [6, 6.07) is 13.4. The Kier molecular flexibility index (Phi) is 5.92. The minimum atomic E-state index is -4.57.